The molecule has 0 aliphatic heterocycles. The maximum Gasteiger partial charge on any atom is 0.310 e. The molecule has 0 radical (unpaired) electrons. The molecule has 0 spiro atoms. The minimum atomic E-state index is -1.04. The lowest BCUT2D eigenvalue weighted by molar-refractivity contribution is -0.386. The Labute approximate surface area is 103 Å². The number of hydrogen-bond acceptors (Lipinski definition) is 3. The summed E-state index contributed by atoms with van der Waals surface area (Å²) in [5, 5.41) is 10.8. The maximum absolute atomic E-state index is 10.8. The van der Waals surface area contributed by atoms with E-state index in [0.717, 1.165) is 6.42 Å². The van der Waals surface area contributed by atoms with E-state index in [-0.39, 0.29) is 11.4 Å². The van der Waals surface area contributed by atoms with Gasteiger partial charge in [0.2, 0.25) is 0 Å². The summed E-state index contributed by atoms with van der Waals surface area (Å²) in [5.41, 5.74) is 0.0739. The largest absolute Gasteiger partial charge is 0.487 e. The Morgan fingerprint density at radius 3 is 2.71 bits per heavy atom. The van der Waals surface area contributed by atoms with Crippen molar-refractivity contribution in [3.63, 3.8) is 0 Å². The summed E-state index contributed by atoms with van der Waals surface area (Å²) >= 11 is 0. The molecule has 92 valence electrons. The molecule has 0 N–H and O–H groups in total. The number of nitro groups is 1. The van der Waals surface area contributed by atoms with Crippen LogP contribution in [-0.4, -0.2) is 19.4 Å². The summed E-state index contributed by atoms with van der Waals surface area (Å²) in [4.78, 5) is 10.4. The minimum absolute atomic E-state index is 0.0243. The molecule has 0 saturated carbocycles. The molecule has 0 aliphatic carbocycles. The minimum Gasteiger partial charge on any atom is -0.487 e. The van der Waals surface area contributed by atoms with Crippen molar-refractivity contribution in [3.8, 4) is 5.75 Å². The van der Waals surface area contributed by atoms with Crippen molar-refractivity contribution in [1.82, 2.24) is 0 Å². The standard InChI is InChI=1S/C12H17NO3Si/c1-4-7-12(17(2)3)16-11-9-6-5-8-10(11)13(14)15/h4-6,8-9,12,17H,1,7H2,2-3H3. The highest BCUT2D eigenvalue weighted by molar-refractivity contribution is 6.57. The Hall–Kier alpha value is -1.62. The molecule has 5 heteroatoms. The van der Waals surface area contributed by atoms with Gasteiger partial charge in [0.05, 0.1) is 19.4 Å². The Kier molecular flexibility index (Phi) is 4.90. The number of rotatable bonds is 6. The zero-order valence-corrected chi connectivity index (χ0v) is 11.3. The van der Waals surface area contributed by atoms with Gasteiger partial charge >= 0.3 is 5.69 Å². The summed E-state index contributed by atoms with van der Waals surface area (Å²) < 4.78 is 5.76. The first-order valence-corrected chi connectivity index (χ1v) is 8.54. The third-order valence-corrected chi connectivity index (χ3v) is 4.38. The molecule has 0 amide bonds. The van der Waals surface area contributed by atoms with Crippen LogP contribution in [0, 0.1) is 10.1 Å². The number of nitro benzene ring substituents is 1. The quantitative estimate of drug-likeness (QED) is 0.338. The summed E-state index contributed by atoms with van der Waals surface area (Å²) in [6, 6.07) is 6.49. The van der Waals surface area contributed by atoms with Crippen LogP contribution in [0.5, 0.6) is 5.75 Å². The molecule has 17 heavy (non-hydrogen) atoms. The molecule has 0 fully saturated rings. The summed E-state index contributed by atoms with van der Waals surface area (Å²) in [7, 11) is -1.04. The summed E-state index contributed by atoms with van der Waals surface area (Å²) in [6.07, 6.45) is 2.53. The topological polar surface area (TPSA) is 52.4 Å². The molecule has 1 rings (SSSR count). The molecule has 1 unspecified atom stereocenters. The number of nitrogens with zero attached hydrogens (tertiary/aromatic N) is 1. The molecule has 0 heterocycles. The van der Waals surface area contributed by atoms with Gasteiger partial charge in [0.25, 0.3) is 0 Å². The lowest BCUT2D eigenvalue weighted by Gasteiger charge is -2.20. The molecule has 0 aromatic heterocycles. The van der Waals surface area contributed by atoms with E-state index >= 15 is 0 Å². The van der Waals surface area contributed by atoms with Gasteiger partial charge in [-0.05, 0) is 12.5 Å². The SMILES string of the molecule is C=CCC(Oc1ccccc1[N+](=O)[O-])[SiH](C)C. The second-order valence-corrected chi connectivity index (χ2v) is 7.38. The number of benzene rings is 1. The van der Waals surface area contributed by atoms with Gasteiger partial charge in [-0.25, -0.2) is 0 Å². The highest BCUT2D eigenvalue weighted by atomic mass is 28.3. The van der Waals surface area contributed by atoms with Crippen LogP contribution in [0.15, 0.2) is 36.9 Å². The Balaban J connectivity index is 2.92. The van der Waals surface area contributed by atoms with Crippen molar-refractivity contribution in [2.45, 2.75) is 25.2 Å². The van der Waals surface area contributed by atoms with Crippen LogP contribution in [0.4, 0.5) is 5.69 Å². The number of hydrogen-bond donors (Lipinski definition) is 0. The van der Waals surface area contributed by atoms with E-state index in [1.54, 1.807) is 24.3 Å². The van der Waals surface area contributed by atoms with E-state index in [1.807, 2.05) is 0 Å². The monoisotopic (exact) mass is 251 g/mol. The van der Waals surface area contributed by atoms with E-state index in [1.165, 1.54) is 6.07 Å². The Bertz CT molecular complexity index is 406. The first kappa shape index (κ1) is 13.4. The van der Waals surface area contributed by atoms with Crippen molar-refractivity contribution < 1.29 is 9.66 Å². The van der Waals surface area contributed by atoms with Gasteiger partial charge in [-0.15, -0.1) is 6.58 Å². The van der Waals surface area contributed by atoms with E-state index in [2.05, 4.69) is 19.7 Å². The van der Waals surface area contributed by atoms with Gasteiger partial charge in [-0.1, -0.05) is 31.3 Å². The molecule has 1 aromatic rings. The molecular formula is C12H17NO3Si. The average Bonchev–Trinajstić information content (AvgIpc) is 2.28. The second kappa shape index (κ2) is 6.20. The first-order valence-electron chi connectivity index (χ1n) is 5.57. The lowest BCUT2D eigenvalue weighted by Crippen LogP contribution is -2.30. The normalized spacial score (nSPS) is 12.2. The fraction of sp³-hybridized carbons (Fsp3) is 0.333. The molecule has 0 aliphatic rings. The average molecular weight is 251 g/mol. The van der Waals surface area contributed by atoms with Gasteiger partial charge in [0.1, 0.15) is 0 Å². The molecule has 1 atom stereocenters. The highest BCUT2D eigenvalue weighted by Crippen LogP contribution is 2.27. The van der Waals surface area contributed by atoms with Gasteiger partial charge in [0, 0.05) is 6.07 Å². The van der Waals surface area contributed by atoms with Crippen LogP contribution in [0.25, 0.3) is 0 Å². The Morgan fingerprint density at radius 2 is 2.18 bits per heavy atom. The van der Waals surface area contributed by atoms with Crippen LogP contribution >= 0.6 is 0 Å². The smallest absolute Gasteiger partial charge is 0.310 e. The van der Waals surface area contributed by atoms with E-state index < -0.39 is 13.7 Å². The van der Waals surface area contributed by atoms with E-state index in [9.17, 15) is 10.1 Å². The predicted octanol–water partition coefficient (Wildman–Crippen LogP) is 2.94. The van der Waals surface area contributed by atoms with Crippen molar-refractivity contribution >= 4 is 14.5 Å². The Morgan fingerprint density at radius 1 is 1.53 bits per heavy atom. The third kappa shape index (κ3) is 3.71. The first-order chi connectivity index (χ1) is 8.06. The van der Waals surface area contributed by atoms with Gasteiger partial charge in [-0.3, -0.25) is 10.1 Å². The van der Waals surface area contributed by atoms with Crippen molar-refractivity contribution in [2.75, 3.05) is 0 Å². The van der Waals surface area contributed by atoms with Gasteiger partial charge < -0.3 is 4.74 Å². The molecular weight excluding hydrogens is 234 g/mol. The second-order valence-electron chi connectivity index (χ2n) is 4.15. The fourth-order valence-corrected chi connectivity index (χ4v) is 2.65. The van der Waals surface area contributed by atoms with E-state index in [0.29, 0.717) is 5.75 Å². The molecule has 1 aromatic carbocycles. The molecule has 4 nitrogen and oxygen atoms in total. The third-order valence-electron chi connectivity index (χ3n) is 2.48. The fourth-order valence-electron chi connectivity index (χ4n) is 1.49. The zero-order chi connectivity index (χ0) is 12.8. The number of ether oxygens (including phenoxy) is 1. The van der Waals surface area contributed by atoms with Gasteiger partial charge in [-0.2, -0.15) is 0 Å². The number of para-hydroxylation sites is 2. The van der Waals surface area contributed by atoms with Crippen molar-refractivity contribution in [1.29, 1.82) is 0 Å². The maximum atomic E-state index is 10.8. The highest BCUT2D eigenvalue weighted by Gasteiger charge is 2.20. The van der Waals surface area contributed by atoms with Crippen molar-refractivity contribution in [3.05, 3.63) is 47.0 Å². The molecule has 0 saturated heterocycles. The van der Waals surface area contributed by atoms with Crippen LogP contribution in [-0.2, 0) is 0 Å². The van der Waals surface area contributed by atoms with E-state index in [4.69, 9.17) is 4.74 Å². The molecule has 0 bridgehead atoms. The van der Waals surface area contributed by atoms with Crippen LogP contribution in [0.2, 0.25) is 13.1 Å². The lowest BCUT2D eigenvalue weighted by atomic mass is 10.3. The summed E-state index contributed by atoms with van der Waals surface area (Å²) in [5.74, 6) is 0.352. The van der Waals surface area contributed by atoms with Crippen LogP contribution in [0.1, 0.15) is 6.42 Å². The zero-order valence-electron chi connectivity index (χ0n) is 10.1. The summed E-state index contributed by atoms with van der Waals surface area (Å²) in [6.45, 7) is 8.00. The van der Waals surface area contributed by atoms with Crippen LogP contribution < -0.4 is 4.74 Å². The predicted molar refractivity (Wildman–Crippen MR) is 71.2 cm³/mol. The van der Waals surface area contributed by atoms with Gasteiger partial charge in [0.15, 0.2) is 5.75 Å². The van der Waals surface area contributed by atoms with Crippen molar-refractivity contribution in [2.24, 2.45) is 0 Å². The van der Waals surface area contributed by atoms with Crippen LogP contribution in [0.3, 0.4) is 0 Å².